The Kier molecular flexibility index (Phi) is 3.15. The van der Waals surface area contributed by atoms with E-state index < -0.39 is 11.6 Å². The maximum absolute atomic E-state index is 13.9. The van der Waals surface area contributed by atoms with Crippen LogP contribution in [-0.2, 0) is 12.8 Å². The number of hydrogen-bond donors (Lipinski definition) is 1. The lowest BCUT2D eigenvalue weighted by Crippen LogP contribution is -2.18. The molecular weight excluding hydrogens is 295 g/mol. The third kappa shape index (κ3) is 2.11. The number of hydrogen-bond acceptors (Lipinski definition) is 2. The van der Waals surface area contributed by atoms with Crippen LogP contribution in [0.25, 0.3) is 5.65 Å². The van der Waals surface area contributed by atoms with E-state index in [-0.39, 0.29) is 11.1 Å². The van der Waals surface area contributed by atoms with Crippen LogP contribution in [-0.4, -0.2) is 15.2 Å². The molecule has 3 aromatic rings. The first-order valence-electron chi connectivity index (χ1n) is 7.71. The fourth-order valence-electron chi connectivity index (χ4n) is 3.32. The summed E-state index contributed by atoms with van der Waals surface area (Å²) in [5.74, 6) is -0.975. The van der Waals surface area contributed by atoms with Crippen molar-refractivity contribution in [2.75, 3.05) is 0 Å². The van der Waals surface area contributed by atoms with Gasteiger partial charge in [-0.1, -0.05) is 12.1 Å². The first-order chi connectivity index (χ1) is 11.2. The second kappa shape index (κ2) is 5.19. The van der Waals surface area contributed by atoms with Crippen molar-refractivity contribution in [1.29, 1.82) is 0 Å². The summed E-state index contributed by atoms with van der Waals surface area (Å²) in [5.41, 5.74) is 2.59. The van der Waals surface area contributed by atoms with Gasteiger partial charge in [-0.3, -0.25) is 14.0 Å². The van der Waals surface area contributed by atoms with Crippen LogP contribution in [0.15, 0.2) is 41.2 Å². The molecule has 0 atom stereocenters. The number of pyridine rings is 1. The van der Waals surface area contributed by atoms with Crippen LogP contribution in [0.4, 0.5) is 4.39 Å². The number of halogens is 1. The minimum Gasteiger partial charge on any atom is -0.343 e. The van der Waals surface area contributed by atoms with Crippen molar-refractivity contribution >= 4 is 11.4 Å². The van der Waals surface area contributed by atoms with Crippen molar-refractivity contribution in [3.05, 3.63) is 75.1 Å². The molecule has 5 heteroatoms. The molecule has 1 aliphatic carbocycles. The van der Waals surface area contributed by atoms with Crippen LogP contribution in [0.1, 0.15) is 40.2 Å². The number of nitrogens with zero attached hydrogens (tertiary/aromatic N) is 1. The van der Waals surface area contributed by atoms with Gasteiger partial charge in [0.25, 0.3) is 5.56 Å². The standard InChI is InChI=1S/C18H15FN2O2/c19-13-6-2-1-5-11(13)17(23)12-9-10-16(22)21-15-8-4-3-7-14(15)20-18(12)21/h1-2,5-6,9-10,20H,3-4,7-8H2. The minimum absolute atomic E-state index is 0.0145. The Morgan fingerprint density at radius 1 is 1.04 bits per heavy atom. The molecular formula is C18H15FN2O2. The second-order valence-electron chi connectivity index (χ2n) is 5.84. The third-order valence-corrected chi connectivity index (χ3v) is 4.43. The van der Waals surface area contributed by atoms with Gasteiger partial charge in [-0.05, 0) is 43.9 Å². The van der Waals surface area contributed by atoms with E-state index in [4.69, 9.17) is 0 Å². The summed E-state index contributed by atoms with van der Waals surface area (Å²) < 4.78 is 15.5. The zero-order valence-corrected chi connectivity index (χ0v) is 12.4. The largest absolute Gasteiger partial charge is 0.343 e. The minimum atomic E-state index is -0.557. The van der Waals surface area contributed by atoms with Gasteiger partial charge in [0.2, 0.25) is 0 Å². The fraction of sp³-hybridized carbons (Fsp3) is 0.222. The maximum Gasteiger partial charge on any atom is 0.256 e. The molecule has 1 aromatic carbocycles. The molecule has 0 fully saturated rings. The summed E-state index contributed by atoms with van der Waals surface area (Å²) in [6.07, 6.45) is 3.76. The number of rotatable bonds is 2. The average molecular weight is 310 g/mol. The van der Waals surface area contributed by atoms with Gasteiger partial charge in [0.15, 0.2) is 5.78 Å². The molecule has 23 heavy (non-hydrogen) atoms. The number of carbonyl (C=O) groups excluding carboxylic acids is 1. The molecule has 0 saturated heterocycles. The lowest BCUT2D eigenvalue weighted by Gasteiger charge is -2.10. The number of benzene rings is 1. The first-order valence-corrected chi connectivity index (χ1v) is 7.71. The number of aromatic amines is 1. The predicted molar refractivity (Wildman–Crippen MR) is 84.5 cm³/mol. The van der Waals surface area contributed by atoms with Crippen LogP contribution >= 0.6 is 0 Å². The molecule has 0 saturated carbocycles. The van der Waals surface area contributed by atoms with E-state index in [1.54, 1.807) is 16.5 Å². The zero-order chi connectivity index (χ0) is 16.0. The van der Waals surface area contributed by atoms with Gasteiger partial charge >= 0.3 is 0 Å². The van der Waals surface area contributed by atoms with Crippen molar-refractivity contribution in [2.24, 2.45) is 0 Å². The topological polar surface area (TPSA) is 54.3 Å². The van der Waals surface area contributed by atoms with E-state index in [2.05, 4.69) is 4.98 Å². The molecule has 116 valence electrons. The highest BCUT2D eigenvalue weighted by Crippen LogP contribution is 2.24. The predicted octanol–water partition coefficient (Wildman–Crippen LogP) is 2.88. The Hall–Kier alpha value is -2.69. The van der Waals surface area contributed by atoms with Gasteiger partial charge in [-0.15, -0.1) is 0 Å². The molecule has 0 bridgehead atoms. The Morgan fingerprint density at radius 3 is 2.65 bits per heavy atom. The molecule has 1 aliphatic rings. The van der Waals surface area contributed by atoms with Gasteiger partial charge in [0.1, 0.15) is 11.5 Å². The van der Waals surface area contributed by atoms with Gasteiger partial charge in [0.05, 0.1) is 11.1 Å². The Morgan fingerprint density at radius 2 is 1.83 bits per heavy atom. The Labute approximate surface area is 131 Å². The van der Waals surface area contributed by atoms with Gasteiger partial charge in [-0.25, -0.2) is 4.39 Å². The molecule has 1 N–H and O–H groups in total. The number of fused-ring (bicyclic) bond motifs is 3. The van der Waals surface area contributed by atoms with E-state index in [0.29, 0.717) is 11.2 Å². The quantitative estimate of drug-likeness (QED) is 0.740. The summed E-state index contributed by atoms with van der Waals surface area (Å²) in [7, 11) is 0. The van der Waals surface area contributed by atoms with Crippen molar-refractivity contribution in [3.8, 4) is 0 Å². The number of nitrogens with one attached hydrogen (secondary N) is 1. The number of H-pyrrole nitrogens is 1. The highest BCUT2D eigenvalue weighted by atomic mass is 19.1. The molecule has 0 unspecified atom stereocenters. The molecule has 0 spiro atoms. The highest BCUT2D eigenvalue weighted by molar-refractivity contribution is 6.12. The first kappa shape index (κ1) is 13.9. The normalized spacial score (nSPS) is 14.0. The van der Waals surface area contributed by atoms with Crippen LogP contribution < -0.4 is 5.56 Å². The van der Waals surface area contributed by atoms with Gasteiger partial charge in [0, 0.05) is 17.5 Å². The Bertz CT molecular complexity index is 984. The van der Waals surface area contributed by atoms with E-state index in [1.807, 2.05) is 0 Å². The van der Waals surface area contributed by atoms with E-state index in [9.17, 15) is 14.0 Å². The highest BCUT2D eigenvalue weighted by Gasteiger charge is 2.22. The zero-order valence-electron chi connectivity index (χ0n) is 12.4. The summed E-state index contributed by atoms with van der Waals surface area (Å²) in [5, 5.41) is 0. The lowest BCUT2D eigenvalue weighted by molar-refractivity contribution is 0.103. The van der Waals surface area contributed by atoms with E-state index >= 15 is 0 Å². The van der Waals surface area contributed by atoms with Crippen molar-refractivity contribution in [1.82, 2.24) is 9.38 Å². The fourth-order valence-corrected chi connectivity index (χ4v) is 3.32. The van der Waals surface area contributed by atoms with Crippen molar-refractivity contribution in [2.45, 2.75) is 25.7 Å². The number of carbonyl (C=O) groups is 1. The van der Waals surface area contributed by atoms with E-state index in [1.165, 1.54) is 24.3 Å². The van der Waals surface area contributed by atoms with Crippen molar-refractivity contribution < 1.29 is 9.18 Å². The molecule has 0 amide bonds. The molecule has 4 rings (SSSR count). The number of aromatic nitrogens is 2. The number of imidazole rings is 1. The van der Waals surface area contributed by atoms with Gasteiger partial charge < -0.3 is 4.98 Å². The molecule has 0 radical (unpaired) electrons. The molecule has 2 aromatic heterocycles. The van der Waals surface area contributed by atoms with Crippen LogP contribution in [0.3, 0.4) is 0 Å². The number of aryl methyl sites for hydroxylation is 2. The average Bonchev–Trinajstić information content (AvgIpc) is 2.95. The van der Waals surface area contributed by atoms with E-state index in [0.717, 1.165) is 37.1 Å². The van der Waals surface area contributed by atoms with Crippen LogP contribution in [0.5, 0.6) is 0 Å². The Balaban J connectivity index is 1.97. The monoisotopic (exact) mass is 310 g/mol. The summed E-state index contributed by atoms with van der Waals surface area (Å²) in [6.45, 7) is 0. The van der Waals surface area contributed by atoms with Crippen molar-refractivity contribution in [3.63, 3.8) is 0 Å². The summed E-state index contributed by atoms with van der Waals surface area (Å²) >= 11 is 0. The molecule has 4 nitrogen and oxygen atoms in total. The molecule has 0 aliphatic heterocycles. The SMILES string of the molecule is O=C(c1ccccc1F)c1ccc(=O)n2c3c([nH]c12)CCCC3. The lowest BCUT2D eigenvalue weighted by atomic mass is 10.0. The summed E-state index contributed by atoms with van der Waals surface area (Å²) in [4.78, 5) is 28.2. The molecule has 2 heterocycles. The van der Waals surface area contributed by atoms with Gasteiger partial charge in [-0.2, -0.15) is 0 Å². The second-order valence-corrected chi connectivity index (χ2v) is 5.84. The maximum atomic E-state index is 13.9. The van der Waals surface area contributed by atoms with Crippen LogP contribution in [0, 0.1) is 5.82 Å². The number of ketones is 1. The third-order valence-electron chi connectivity index (χ3n) is 4.43. The smallest absolute Gasteiger partial charge is 0.256 e. The van der Waals surface area contributed by atoms with Crippen LogP contribution in [0.2, 0.25) is 0 Å². The summed E-state index contributed by atoms with van der Waals surface area (Å²) in [6, 6.07) is 8.76.